The third kappa shape index (κ3) is 3.35. The molecule has 1 aliphatic rings. The summed E-state index contributed by atoms with van der Waals surface area (Å²) in [5, 5.41) is 0. The minimum Gasteiger partial charge on any atom is -0.465 e. The normalized spacial score (nSPS) is 13.9. The van der Waals surface area contributed by atoms with Crippen LogP contribution in [0, 0.1) is 12.7 Å². The van der Waals surface area contributed by atoms with Crippen molar-refractivity contribution in [1.29, 1.82) is 0 Å². The number of amides is 1. The van der Waals surface area contributed by atoms with Gasteiger partial charge in [0.05, 0.1) is 6.61 Å². The zero-order valence-electron chi connectivity index (χ0n) is 11.7. The highest BCUT2D eigenvalue weighted by molar-refractivity contribution is 5.96. The van der Waals surface area contributed by atoms with E-state index in [2.05, 4.69) is 0 Å². The molecule has 0 bridgehead atoms. The summed E-state index contributed by atoms with van der Waals surface area (Å²) < 4.78 is 18.1. The molecule has 0 spiro atoms. The Bertz CT molecular complexity index is 526. The van der Waals surface area contributed by atoms with Gasteiger partial charge >= 0.3 is 5.97 Å². The van der Waals surface area contributed by atoms with E-state index in [0.29, 0.717) is 17.7 Å². The monoisotopic (exact) mass is 279 g/mol. The van der Waals surface area contributed by atoms with E-state index in [1.165, 1.54) is 23.1 Å². The van der Waals surface area contributed by atoms with Crippen LogP contribution in [0.4, 0.5) is 4.39 Å². The molecule has 1 aromatic carbocycles. The summed E-state index contributed by atoms with van der Waals surface area (Å²) in [5.41, 5.74) is 0.822. The smallest absolute Gasteiger partial charge is 0.325 e. The maximum atomic E-state index is 13.2. The van der Waals surface area contributed by atoms with Crippen molar-refractivity contribution in [3.05, 3.63) is 35.1 Å². The number of benzene rings is 1. The minimum atomic E-state index is -0.411. The first-order chi connectivity index (χ1) is 9.52. The van der Waals surface area contributed by atoms with Crippen LogP contribution in [0.1, 0.15) is 35.7 Å². The fraction of sp³-hybridized carbons (Fsp3) is 0.467. The number of aryl methyl sites for hydroxylation is 1. The Morgan fingerprint density at radius 3 is 2.65 bits per heavy atom. The first-order valence-electron chi connectivity index (χ1n) is 6.75. The second-order valence-electron chi connectivity index (χ2n) is 4.93. The molecule has 0 aliphatic heterocycles. The van der Waals surface area contributed by atoms with E-state index in [9.17, 15) is 14.0 Å². The van der Waals surface area contributed by atoms with Crippen LogP contribution < -0.4 is 0 Å². The molecular weight excluding hydrogens is 261 g/mol. The van der Waals surface area contributed by atoms with Gasteiger partial charge in [-0.2, -0.15) is 0 Å². The summed E-state index contributed by atoms with van der Waals surface area (Å²) in [6.45, 7) is 3.58. The Hall–Kier alpha value is -1.91. The number of carbonyl (C=O) groups excluding carboxylic acids is 2. The van der Waals surface area contributed by atoms with Crippen LogP contribution in [0.2, 0.25) is 0 Å². The molecule has 5 heteroatoms. The van der Waals surface area contributed by atoms with Crippen LogP contribution in [0.25, 0.3) is 0 Å². The van der Waals surface area contributed by atoms with Crippen molar-refractivity contribution in [2.45, 2.75) is 32.7 Å². The molecule has 108 valence electrons. The van der Waals surface area contributed by atoms with Crippen LogP contribution in [-0.4, -0.2) is 36.0 Å². The predicted molar refractivity (Wildman–Crippen MR) is 71.8 cm³/mol. The first kappa shape index (κ1) is 14.5. The number of ether oxygens (including phenoxy) is 1. The van der Waals surface area contributed by atoms with Gasteiger partial charge in [0.2, 0.25) is 0 Å². The molecule has 4 nitrogen and oxygen atoms in total. The fourth-order valence-electron chi connectivity index (χ4n) is 2.04. The van der Waals surface area contributed by atoms with Crippen LogP contribution in [0.3, 0.4) is 0 Å². The lowest BCUT2D eigenvalue weighted by molar-refractivity contribution is -0.144. The number of nitrogens with zero attached hydrogens (tertiary/aromatic N) is 1. The fourth-order valence-corrected chi connectivity index (χ4v) is 2.04. The zero-order chi connectivity index (χ0) is 14.7. The molecule has 1 amide bonds. The SMILES string of the molecule is CCOC(=O)CN(C(=O)c1ccc(F)c(C)c1)C1CC1. The van der Waals surface area contributed by atoms with Gasteiger partial charge in [-0.1, -0.05) is 0 Å². The number of hydrogen-bond acceptors (Lipinski definition) is 3. The van der Waals surface area contributed by atoms with Crippen LogP contribution in [0.5, 0.6) is 0 Å². The number of rotatable bonds is 5. The van der Waals surface area contributed by atoms with Gasteiger partial charge in [-0.05, 0) is 50.5 Å². The molecule has 2 rings (SSSR count). The minimum absolute atomic E-state index is 0.0479. The van der Waals surface area contributed by atoms with Crippen molar-refractivity contribution < 1.29 is 18.7 Å². The molecule has 0 atom stereocenters. The Balaban J connectivity index is 2.14. The Labute approximate surface area is 117 Å². The van der Waals surface area contributed by atoms with E-state index < -0.39 is 5.97 Å². The summed E-state index contributed by atoms with van der Waals surface area (Å²) in [4.78, 5) is 25.5. The van der Waals surface area contributed by atoms with Crippen molar-refractivity contribution in [2.75, 3.05) is 13.2 Å². The Kier molecular flexibility index (Phi) is 4.37. The van der Waals surface area contributed by atoms with Crippen LogP contribution in [-0.2, 0) is 9.53 Å². The highest BCUT2D eigenvalue weighted by Crippen LogP contribution is 2.28. The average molecular weight is 279 g/mol. The van der Waals surface area contributed by atoms with Gasteiger partial charge in [-0.15, -0.1) is 0 Å². The molecule has 0 N–H and O–H groups in total. The molecule has 0 saturated heterocycles. The quantitative estimate of drug-likeness (QED) is 0.777. The molecule has 0 unspecified atom stereocenters. The van der Waals surface area contributed by atoms with E-state index >= 15 is 0 Å². The topological polar surface area (TPSA) is 46.6 Å². The van der Waals surface area contributed by atoms with Crippen LogP contribution in [0.15, 0.2) is 18.2 Å². The van der Waals surface area contributed by atoms with Crippen molar-refractivity contribution in [3.63, 3.8) is 0 Å². The number of halogens is 1. The lowest BCUT2D eigenvalue weighted by atomic mass is 10.1. The van der Waals surface area contributed by atoms with Gasteiger partial charge in [0.25, 0.3) is 5.91 Å². The number of esters is 1. The van der Waals surface area contributed by atoms with Gasteiger partial charge in [-0.3, -0.25) is 9.59 Å². The third-order valence-corrected chi connectivity index (χ3v) is 3.26. The second-order valence-corrected chi connectivity index (χ2v) is 4.93. The summed E-state index contributed by atoms with van der Waals surface area (Å²) in [5.74, 6) is -1.000. The van der Waals surface area contributed by atoms with Crippen LogP contribution >= 0.6 is 0 Å². The lowest BCUT2D eigenvalue weighted by Crippen LogP contribution is -2.38. The van der Waals surface area contributed by atoms with Gasteiger partial charge in [0.1, 0.15) is 12.4 Å². The van der Waals surface area contributed by atoms with Crippen molar-refractivity contribution >= 4 is 11.9 Å². The number of carbonyl (C=O) groups is 2. The third-order valence-electron chi connectivity index (χ3n) is 3.26. The molecule has 1 aliphatic carbocycles. The van der Waals surface area contributed by atoms with E-state index in [0.717, 1.165) is 12.8 Å². The van der Waals surface area contributed by atoms with Crippen molar-refractivity contribution in [1.82, 2.24) is 4.90 Å². The summed E-state index contributed by atoms with van der Waals surface area (Å²) >= 11 is 0. The highest BCUT2D eigenvalue weighted by Gasteiger charge is 2.34. The lowest BCUT2D eigenvalue weighted by Gasteiger charge is -2.21. The molecule has 1 aromatic rings. The van der Waals surface area contributed by atoms with E-state index in [-0.39, 0.29) is 24.3 Å². The Morgan fingerprint density at radius 2 is 2.10 bits per heavy atom. The highest BCUT2D eigenvalue weighted by atomic mass is 19.1. The second kappa shape index (κ2) is 6.03. The largest absolute Gasteiger partial charge is 0.465 e. The van der Waals surface area contributed by atoms with Crippen molar-refractivity contribution in [2.24, 2.45) is 0 Å². The van der Waals surface area contributed by atoms with Gasteiger partial charge in [-0.25, -0.2) is 4.39 Å². The molecule has 20 heavy (non-hydrogen) atoms. The standard InChI is InChI=1S/C15H18FNO3/c1-3-20-14(18)9-17(12-5-6-12)15(19)11-4-7-13(16)10(2)8-11/h4,7-8,12H,3,5-6,9H2,1-2H3. The summed E-state index contributed by atoms with van der Waals surface area (Å²) in [6, 6.07) is 4.33. The van der Waals surface area contributed by atoms with E-state index in [1.807, 2.05) is 0 Å². The van der Waals surface area contributed by atoms with Gasteiger partial charge in [0.15, 0.2) is 0 Å². The average Bonchev–Trinajstić information content (AvgIpc) is 3.23. The zero-order valence-corrected chi connectivity index (χ0v) is 11.7. The molecule has 0 heterocycles. The maximum absolute atomic E-state index is 13.2. The predicted octanol–water partition coefficient (Wildman–Crippen LogP) is 2.30. The first-order valence-corrected chi connectivity index (χ1v) is 6.75. The van der Waals surface area contributed by atoms with E-state index in [1.54, 1.807) is 13.8 Å². The summed E-state index contributed by atoms with van der Waals surface area (Å²) in [6.07, 6.45) is 1.79. The molecule has 0 aromatic heterocycles. The number of hydrogen-bond donors (Lipinski definition) is 0. The molecule has 0 radical (unpaired) electrons. The van der Waals surface area contributed by atoms with Gasteiger partial charge in [0, 0.05) is 11.6 Å². The maximum Gasteiger partial charge on any atom is 0.325 e. The van der Waals surface area contributed by atoms with Gasteiger partial charge < -0.3 is 9.64 Å². The molecule has 1 fully saturated rings. The Morgan fingerprint density at radius 1 is 1.40 bits per heavy atom. The molecular formula is C15H18FNO3. The molecule has 1 saturated carbocycles. The summed E-state index contributed by atoms with van der Waals surface area (Å²) in [7, 11) is 0. The van der Waals surface area contributed by atoms with Crippen molar-refractivity contribution in [3.8, 4) is 0 Å². The van der Waals surface area contributed by atoms with E-state index in [4.69, 9.17) is 4.74 Å².